The number of nitrogens with one attached hydrogen (secondary N) is 1. The van der Waals surface area contributed by atoms with E-state index < -0.39 is 0 Å². The van der Waals surface area contributed by atoms with E-state index in [0.717, 1.165) is 26.9 Å². The van der Waals surface area contributed by atoms with E-state index in [1.54, 1.807) is 16.9 Å². The maximum Gasteiger partial charge on any atom is 0.252 e. The molecule has 0 saturated carbocycles. The molecule has 0 aliphatic heterocycles. The third-order valence-electron chi connectivity index (χ3n) is 4.89. The molecule has 1 aromatic carbocycles. The summed E-state index contributed by atoms with van der Waals surface area (Å²) in [5.74, 6) is -0.570. The van der Waals surface area contributed by atoms with Crippen LogP contribution in [0.5, 0.6) is 0 Å². The van der Waals surface area contributed by atoms with E-state index in [1.807, 2.05) is 26.1 Å². The van der Waals surface area contributed by atoms with E-state index >= 15 is 0 Å². The van der Waals surface area contributed by atoms with Crippen LogP contribution in [0.25, 0.3) is 5.57 Å². The van der Waals surface area contributed by atoms with Gasteiger partial charge in [0.05, 0.1) is 21.9 Å². The van der Waals surface area contributed by atoms with E-state index in [0.29, 0.717) is 23.3 Å². The molecule has 0 spiro atoms. The van der Waals surface area contributed by atoms with Crippen LogP contribution < -0.4 is 11.1 Å². The number of halogens is 2. The number of hydrogen-bond acceptors (Lipinski definition) is 4. The molecule has 1 aliphatic carbocycles. The summed E-state index contributed by atoms with van der Waals surface area (Å²) < 4.78 is 16.1. The standard InChI is InChI=1S/C21H22BrFN4OS/c1-12-6-17(19(29)9-16(12)20-18(22)11-25-27(20)2)21(28)26-15(10-24)8-13-4-3-5-14(23)7-13/h3-7,11,15H,8-10,24H2,1-2H3,(H,26,28)/t15-/m0/s1. The molecule has 29 heavy (non-hydrogen) atoms. The molecule has 1 aromatic heterocycles. The monoisotopic (exact) mass is 476 g/mol. The first-order valence-electron chi connectivity index (χ1n) is 9.18. The molecule has 3 N–H and O–H groups in total. The smallest absolute Gasteiger partial charge is 0.252 e. The molecular formula is C21H22BrFN4OS. The lowest BCUT2D eigenvalue weighted by atomic mass is 9.90. The predicted molar refractivity (Wildman–Crippen MR) is 120 cm³/mol. The maximum atomic E-state index is 13.4. The minimum absolute atomic E-state index is 0.240. The highest BCUT2D eigenvalue weighted by atomic mass is 79.9. The van der Waals surface area contributed by atoms with Gasteiger partial charge in [0.2, 0.25) is 0 Å². The third kappa shape index (κ3) is 4.88. The molecule has 5 nitrogen and oxygen atoms in total. The fourth-order valence-electron chi connectivity index (χ4n) is 3.40. The maximum absolute atomic E-state index is 13.4. The highest BCUT2D eigenvalue weighted by Crippen LogP contribution is 2.34. The molecule has 152 valence electrons. The largest absolute Gasteiger partial charge is 0.348 e. The van der Waals surface area contributed by atoms with Crippen molar-refractivity contribution in [2.24, 2.45) is 12.8 Å². The van der Waals surface area contributed by atoms with Crippen molar-refractivity contribution in [3.05, 3.63) is 69.2 Å². The third-order valence-corrected chi connectivity index (χ3v) is 5.83. The minimum atomic E-state index is -0.315. The molecule has 1 amide bonds. The van der Waals surface area contributed by atoms with Crippen LogP contribution in [0.15, 0.2) is 52.2 Å². The summed E-state index contributed by atoms with van der Waals surface area (Å²) in [5, 5.41) is 7.19. The van der Waals surface area contributed by atoms with Crippen molar-refractivity contribution in [3.63, 3.8) is 0 Å². The average Bonchev–Trinajstić information content (AvgIpc) is 3.01. The molecule has 0 fully saturated rings. The van der Waals surface area contributed by atoms with Gasteiger partial charge in [-0.1, -0.05) is 24.4 Å². The Morgan fingerprint density at radius 2 is 2.24 bits per heavy atom. The van der Waals surface area contributed by atoms with Crippen molar-refractivity contribution in [1.29, 1.82) is 0 Å². The Balaban J connectivity index is 1.79. The second kappa shape index (κ2) is 9.11. The first-order chi connectivity index (χ1) is 13.8. The highest BCUT2D eigenvalue weighted by Gasteiger charge is 2.26. The number of allylic oxidation sites excluding steroid dienone is 3. The summed E-state index contributed by atoms with van der Waals surface area (Å²) >= 11 is 9.06. The number of amides is 1. The average molecular weight is 477 g/mol. The number of rotatable bonds is 6. The summed E-state index contributed by atoms with van der Waals surface area (Å²) in [4.78, 5) is 13.4. The van der Waals surface area contributed by atoms with Crippen molar-refractivity contribution >= 4 is 44.5 Å². The van der Waals surface area contributed by atoms with Crippen LogP contribution >= 0.6 is 28.1 Å². The highest BCUT2D eigenvalue weighted by molar-refractivity contribution is 9.10. The number of nitrogens with two attached hydrogens (primary N) is 1. The van der Waals surface area contributed by atoms with Gasteiger partial charge in [0.1, 0.15) is 5.82 Å². The van der Waals surface area contributed by atoms with Gasteiger partial charge in [-0.15, -0.1) is 0 Å². The fourth-order valence-corrected chi connectivity index (χ4v) is 4.28. The van der Waals surface area contributed by atoms with Crippen molar-refractivity contribution in [2.75, 3.05) is 6.54 Å². The summed E-state index contributed by atoms with van der Waals surface area (Å²) in [6.07, 6.45) is 4.48. The van der Waals surface area contributed by atoms with Crippen molar-refractivity contribution in [3.8, 4) is 0 Å². The first kappa shape index (κ1) is 21.5. The number of benzene rings is 1. The Kier molecular flexibility index (Phi) is 6.77. The number of aryl methyl sites for hydroxylation is 1. The van der Waals surface area contributed by atoms with Crippen LogP contribution in [-0.2, 0) is 18.3 Å². The van der Waals surface area contributed by atoms with Gasteiger partial charge in [-0.25, -0.2) is 4.39 Å². The quantitative estimate of drug-likeness (QED) is 0.625. The molecule has 0 unspecified atom stereocenters. The molecular weight excluding hydrogens is 455 g/mol. The van der Waals surface area contributed by atoms with E-state index in [-0.39, 0.29) is 24.3 Å². The topological polar surface area (TPSA) is 72.9 Å². The van der Waals surface area contributed by atoms with Crippen LogP contribution in [0.4, 0.5) is 4.39 Å². The van der Waals surface area contributed by atoms with Crippen molar-refractivity contribution in [1.82, 2.24) is 15.1 Å². The number of carbonyl (C=O) groups is 1. The van der Waals surface area contributed by atoms with E-state index in [9.17, 15) is 9.18 Å². The van der Waals surface area contributed by atoms with Gasteiger partial charge in [0, 0.05) is 30.9 Å². The Bertz CT molecular complexity index is 1010. The molecule has 0 saturated heterocycles. The van der Waals surface area contributed by atoms with Gasteiger partial charge >= 0.3 is 0 Å². The van der Waals surface area contributed by atoms with E-state index in [4.69, 9.17) is 18.0 Å². The van der Waals surface area contributed by atoms with Gasteiger partial charge in [-0.2, -0.15) is 5.10 Å². The Hall–Kier alpha value is -2.16. The normalized spacial score (nSPS) is 15.3. The molecule has 0 radical (unpaired) electrons. The molecule has 3 rings (SSSR count). The Morgan fingerprint density at radius 1 is 1.48 bits per heavy atom. The van der Waals surface area contributed by atoms with Crippen LogP contribution in [0, 0.1) is 5.82 Å². The first-order valence-corrected chi connectivity index (χ1v) is 10.4. The van der Waals surface area contributed by atoms with Crippen LogP contribution in [0.1, 0.15) is 24.6 Å². The molecule has 1 atom stereocenters. The lowest BCUT2D eigenvalue weighted by Crippen LogP contribution is -2.43. The van der Waals surface area contributed by atoms with Gasteiger partial charge in [-0.05, 0) is 64.2 Å². The lowest BCUT2D eigenvalue weighted by Gasteiger charge is -2.22. The Morgan fingerprint density at radius 3 is 2.86 bits per heavy atom. The van der Waals surface area contributed by atoms with E-state index in [1.165, 1.54) is 12.1 Å². The summed E-state index contributed by atoms with van der Waals surface area (Å²) in [6.45, 7) is 2.20. The number of aromatic nitrogens is 2. The van der Waals surface area contributed by atoms with E-state index in [2.05, 4.69) is 26.3 Å². The van der Waals surface area contributed by atoms with Crippen LogP contribution in [0.3, 0.4) is 0 Å². The zero-order valence-electron chi connectivity index (χ0n) is 16.2. The minimum Gasteiger partial charge on any atom is -0.348 e. The number of nitrogens with zero attached hydrogens (tertiary/aromatic N) is 2. The van der Waals surface area contributed by atoms with Gasteiger partial charge in [0.15, 0.2) is 0 Å². The molecule has 2 aromatic rings. The number of carbonyl (C=O) groups excluding carboxylic acids is 1. The van der Waals surface area contributed by atoms with Crippen molar-refractivity contribution < 1.29 is 9.18 Å². The second-order valence-corrected chi connectivity index (χ2v) is 8.37. The summed E-state index contributed by atoms with van der Waals surface area (Å²) in [6, 6.07) is 5.98. The molecule has 1 aliphatic rings. The van der Waals surface area contributed by atoms with Crippen LogP contribution in [-0.4, -0.2) is 33.1 Å². The van der Waals surface area contributed by atoms with Crippen LogP contribution in [0.2, 0.25) is 0 Å². The zero-order valence-corrected chi connectivity index (χ0v) is 18.6. The number of thiocarbonyl (C=S) groups is 1. The lowest BCUT2D eigenvalue weighted by molar-refractivity contribution is -0.117. The zero-order chi connectivity index (χ0) is 21.1. The van der Waals surface area contributed by atoms with Crippen molar-refractivity contribution in [2.45, 2.75) is 25.8 Å². The molecule has 8 heteroatoms. The molecule has 0 bridgehead atoms. The van der Waals surface area contributed by atoms with Gasteiger partial charge in [0.25, 0.3) is 5.91 Å². The van der Waals surface area contributed by atoms with Gasteiger partial charge < -0.3 is 11.1 Å². The van der Waals surface area contributed by atoms with Gasteiger partial charge in [-0.3, -0.25) is 9.48 Å². The predicted octanol–water partition coefficient (Wildman–Crippen LogP) is 3.48. The summed E-state index contributed by atoms with van der Waals surface area (Å²) in [7, 11) is 1.87. The Labute approximate surface area is 183 Å². The summed E-state index contributed by atoms with van der Waals surface area (Å²) in [5.41, 5.74) is 10.0. The SMILES string of the molecule is CC1=C(c2c(Br)cnn2C)CC(=S)C(C(=O)N[C@H](CN)Cc2cccc(F)c2)=C1. The number of hydrogen-bond donors (Lipinski definition) is 2. The molecule has 1 heterocycles. The second-order valence-electron chi connectivity index (χ2n) is 7.02. The fraction of sp³-hybridized carbons (Fsp3) is 0.286.